The lowest BCUT2D eigenvalue weighted by Gasteiger charge is -2.29. The molecule has 1 amide bonds. The van der Waals surface area contributed by atoms with Crippen molar-refractivity contribution in [1.29, 1.82) is 0 Å². The smallest absolute Gasteiger partial charge is 0.340 e. The first kappa shape index (κ1) is 17.2. The first-order valence-electron chi connectivity index (χ1n) is 7.19. The third kappa shape index (κ3) is 3.61. The molecule has 0 fully saturated rings. The number of hydrogen-bond acceptors (Lipinski definition) is 5. The third-order valence-electron chi connectivity index (χ3n) is 4.23. The molecule has 2 unspecified atom stereocenters. The SMILES string of the molecule is COC(=O)c1ccsc1NC(=O)C1CC(C)=C(C)CC1C(=O)O. The molecule has 0 aromatic carbocycles. The number of carbonyl (C=O) groups excluding carboxylic acids is 2. The molecule has 7 heteroatoms. The monoisotopic (exact) mass is 337 g/mol. The molecule has 1 heterocycles. The molecule has 1 aliphatic rings. The Morgan fingerprint density at radius 3 is 2.39 bits per heavy atom. The Labute approximate surface area is 138 Å². The van der Waals surface area contributed by atoms with E-state index in [0.717, 1.165) is 11.1 Å². The van der Waals surface area contributed by atoms with Crippen molar-refractivity contribution >= 4 is 34.2 Å². The Hall–Kier alpha value is -2.15. The van der Waals surface area contributed by atoms with E-state index in [-0.39, 0.29) is 11.5 Å². The number of ether oxygens (including phenoxy) is 1. The van der Waals surface area contributed by atoms with Gasteiger partial charge in [0, 0.05) is 0 Å². The molecular formula is C16H19NO5S. The van der Waals surface area contributed by atoms with Crippen LogP contribution in [0.1, 0.15) is 37.0 Å². The molecule has 0 spiro atoms. The predicted molar refractivity (Wildman–Crippen MR) is 86.5 cm³/mol. The highest BCUT2D eigenvalue weighted by Crippen LogP contribution is 2.35. The van der Waals surface area contributed by atoms with Crippen LogP contribution in [0.2, 0.25) is 0 Å². The summed E-state index contributed by atoms with van der Waals surface area (Å²) in [5.74, 6) is -3.29. The highest BCUT2D eigenvalue weighted by molar-refractivity contribution is 7.14. The highest BCUT2D eigenvalue weighted by Gasteiger charge is 2.37. The Balaban J connectivity index is 2.21. The zero-order chi connectivity index (χ0) is 17.1. The summed E-state index contributed by atoms with van der Waals surface area (Å²) in [7, 11) is 1.27. The van der Waals surface area contributed by atoms with Crippen molar-refractivity contribution < 1.29 is 24.2 Å². The first-order chi connectivity index (χ1) is 10.8. The summed E-state index contributed by atoms with van der Waals surface area (Å²) < 4.78 is 4.67. The molecule has 1 aromatic heterocycles. The fourth-order valence-electron chi connectivity index (χ4n) is 2.71. The van der Waals surface area contributed by atoms with Gasteiger partial charge in [0.1, 0.15) is 5.00 Å². The van der Waals surface area contributed by atoms with Gasteiger partial charge < -0.3 is 15.2 Å². The average molecular weight is 337 g/mol. The number of hydrogen-bond donors (Lipinski definition) is 2. The summed E-state index contributed by atoms with van der Waals surface area (Å²) in [5, 5.41) is 14.1. The van der Waals surface area contributed by atoms with Crippen LogP contribution in [-0.4, -0.2) is 30.1 Å². The van der Waals surface area contributed by atoms with Crippen LogP contribution in [0.25, 0.3) is 0 Å². The summed E-state index contributed by atoms with van der Waals surface area (Å²) in [4.78, 5) is 35.7. The summed E-state index contributed by atoms with van der Waals surface area (Å²) in [5.41, 5.74) is 2.34. The summed E-state index contributed by atoms with van der Waals surface area (Å²) in [6.45, 7) is 3.81. The van der Waals surface area contributed by atoms with E-state index in [1.807, 2.05) is 13.8 Å². The molecule has 124 valence electrons. The van der Waals surface area contributed by atoms with E-state index in [1.54, 1.807) is 11.4 Å². The number of thiophene rings is 1. The normalized spacial score (nSPS) is 21.0. The Morgan fingerprint density at radius 1 is 1.22 bits per heavy atom. The van der Waals surface area contributed by atoms with Crippen LogP contribution in [0.4, 0.5) is 5.00 Å². The van der Waals surface area contributed by atoms with Gasteiger partial charge in [-0.3, -0.25) is 9.59 Å². The highest BCUT2D eigenvalue weighted by atomic mass is 32.1. The van der Waals surface area contributed by atoms with Gasteiger partial charge in [-0.1, -0.05) is 11.1 Å². The van der Waals surface area contributed by atoms with Crippen molar-refractivity contribution in [2.24, 2.45) is 11.8 Å². The maximum Gasteiger partial charge on any atom is 0.340 e. The van der Waals surface area contributed by atoms with Crippen molar-refractivity contribution in [2.75, 3.05) is 12.4 Å². The predicted octanol–water partition coefficient (Wildman–Crippen LogP) is 2.92. The van der Waals surface area contributed by atoms with Gasteiger partial charge >= 0.3 is 11.9 Å². The van der Waals surface area contributed by atoms with Crippen LogP contribution in [-0.2, 0) is 14.3 Å². The molecule has 2 atom stereocenters. The lowest BCUT2D eigenvalue weighted by atomic mass is 9.76. The maximum atomic E-state index is 12.6. The standard InChI is InChI=1S/C16H19NO5S/c1-8-6-11(12(15(19)20)7-9(8)2)13(18)17-14-10(4-5-23-14)16(21)22-3/h4-5,11-12H,6-7H2,1-3H3,(H,17,18)(H,19,20). The number of aliphatic carboxylic acids is 1. The van der Waals surface area contributed by atoms with Gasteiger partial charge in [0.15, 0.2) is 0 Å². The third-order valence-corrected chi connectivity index (χ3v) is 5.06. The number of carboxylic acid groups (broad SMARTS) is 1. The lowest BCUT2D eigenvalue weighted by molar-refractivity contribution is -0.146. The van der Waals surface area contributed by atoms with Crippen molar-refractivity contribution in [3.63, 3.8) is 0 Å². The lowest BCUT2D eigenvalue weighted by Crippen LogP contribution is -2.36. The largest absolute Gasteiger partial charge is 0.481 e. The van der Waals surface area contributed by atoms with Crippen LogP contribution < -0.4 is 5.32 Å². The Kier molecular flexibility index (Phi) is 5.20. The summed E-state index contributed by atoms with van der Waals surface area (Å²) in [6.07, 6.45) is 0.779. The van der Waals surface area contributed by atoms with Gasteiger partial charge in [0.2, 0.25) is 5.91 Å². The van der Waals surface area contributed by atoms with E-state index in [4.69, 9.17) is 0 Å². The number of nitrogens with one attached hydrogen (secondary N) is 1. The first-order valence-corrected chi connectivity index (χ1v) is 8.07. The molecule has 0 saturated carbocycles. The van der Waals surface area contributed by atoms with Crippen LogP contribution in [0.3, 0.4) is 0 Å². The number of rotatable bonds is 4. The number of amides is 1. The van der Waals surface area contributed by atoms with Gasteiger partial charge in [0.25, 0.3) is 0 Å². The van der Waals surface area contributed by atoms with E-state index in [2.05, 4.69) is 10.1 Å². The van der Waals surface area contributed by atoms with E-state index >= 15 is 0 Å². The van der Waals surface area contributed by atoms with Crippen LogP contribution in [0.5, 0.6) is 0 Å². The molecule has 2 N–H and O–H groups in total. The van der Waals surface area contributed by atoms with Crippen molar-refractivity contribution in [2.45, 2.75) is 26.7 Å². The molecule has 0 bridgehead atoms. The van der Waals surface area contributed by atoms with Crippen molar-refractivity contribution in [3.05, 3.63) is 28.2 Å². The molecule has 2 rings (SSSR count). The van der Waals surface area contributed by atoms with E-state index in [9.17, 15) is 19.5 Å². The average Bonchev–Trinajstić information content (AvgIpc) is 2.96. The van der Waals surface area contributed by atoms with Crippen molar-refractivity contribution in [1.82, 2.24) is 0 Å². The van der Waals surface area contributed by atoms with Crippen LogP contribution >= 0.6 is 11.3 Å². The Bertz CT molecular complexity index is 676. The van der Waals surface area contributed by atoms with Crippen LogP contribution in [0, 0.1) is 11.8 Å². The van der Waals surface area contributed by atoms with Gasteiger partial charge in [-0.15, -0.1) is 11.3 Å². The second-order valence-corrected chi connectivity index (χ2v) is 6.58. The van der Waals surface area contributed by atoms with E-state index in [1.165, 1.54) is 18.4 Å². The number of esters is 1. The molecular weight excluding hydrogens is 318 g/mol. The summed E-state index contributed by atoms with van der Waals surface area (Å²) >= 11 is 1.20. The summed E-state index contributed by atoms with van der Waals surface area (Å²) in [6, 6.07) is 1.57. The van der Waals surface area contributed by atoms with E-state index < -0.39 is 23.8 Å². The molecule has 1 aromatic rings. The van der Waals surface area contributed by atoms with Gasteiger partial charge in [-0.2, -0.15) is 0 Å². The second-order valence-electron chi connectivity index (χ2n) is 5.66. The number of anilines is 1. The fourth-order valence-corrected chi connectivity index (χ4v) is 3.49. The second kappa shape index (κ2) is 6.95. The zero-order valence-corrected chi connectivity index (χ0v) is 14.0. The minimum atomic E-state index is -0.976. The van der Waals surface area contributed by atoms with Gasteiger partial charge in [-0.05, 0) is 38.1 Å². The van der Waals surface area contributed by atoms with Gasteiger partial charge in [0.05, 0.1) is 24.5 Å². The quantitative estimate of drug-likeness (QED) is 0.651. The molecule has 0 radical (unpaired) electrons. The van der Waals surface area contributed by atoms with Gasteiger partial charge in [-0.25, -0.2) is 4.79 Å². The van der Waals surface area contributed by atoms with Crippen molar-refractivity contribution in [3.8, 4) is 0 Å². The molecule has 0 aliphatic heterocycles. The fraction of sp³-hybridized carbons (Fsp3) is 0.438. The molecule has 23 heavy (non-hydrogen) atoms. The molecule has 0 saturated heterocycles. The zero-order valence-electron chi connectivity index (χ0n) is 13.2. The molecule has 6 nitrogen and oxygen atoms in total. The number of carboxylic acids is 1. The maximum absolute atomic E-state index is 12.6. The number of allylic oxidation sites excluding steroid dienone is 2. The Morgan fingerprint density at radius 2 is 1.83 bits per heavy atom. The number of methoxy groups -OCH3 is 1. The topological polar surface area (TPSA) is 92.7 Å². The van der Waals surface area contributed by atoms with Crippen LogP contribution in [0.15, 0.2) is 22.6 Å². The minimum Gasteiger partial charge on any atom is -0.481 e. The number of carbonyl (C=O) groups is 3. The molecule has 1 aliphatic carbocycles. The minimum absolute atomic E-state index is 0.275. The van der Waals surface area contributed by atoms with E-state index in [0.29, 0.717) is 17.8 Å².